The minimum atomic E-state index is -0.711. The summed E-state index contributed by atoms with van der Waals surface area (Å²) in [5.41, 5.74) is 8.86. The Kier molecular flexibility index (Phi) is 17.9. The van der Waals surface area contributed by atoms with Crippen LogP contribution in [0, 0.1) is 30.6 Å². The number of β-amino-alcohol motifs (C(OH)–C–C–N with tert-alkyl or cyclic N) is 1. The molecular weight excluding hydrogens is 905 g/mol. The zero-order valence-electron chi connectivity index (χ0n) is 44.0. The summed E-state index contributed by atoms with van der Waals surface area (Å²) in [6.45, 7) is 33.7. The second kappa shape index (κ2) is 22.3. The van der Waals surface area contributed by atoms with Gasteiger partial charge in [0.05, 0.1) is 56.4 Å². The minimum Gasteiger partial charge on any atom is -0.391 e. The van der Waals surface area contributed by atoms with Crippen LogP contribution in [0.4, 0.5) is 0 Å². The SMILES string of the molecule is Cc1ncsc1-c1ccc(C(C)NC(=O)C2C[C@@H](C)CN2C(=O)C(NC(C)(C)C)C(C)(C)C)cc1.Cc1ncsc1-c1ccc(CNC(=O)C2C[C@@H](O)CN2C(=O)C(NC(C)(C)C)C(C)(C)C)cc1. The fourth-order valence-corrected chi connectivity index (χ4v) is 10.5. The van der Waals surface area contributed by atoms with Crippen LogP contribution < -0.4 is 21.3 Å². The fourth-order valence-electron chi connectivity index (χ4n) is 8.89. The Hall–Kier alpha value is -4.54. The highest BCUT2D eigenvalue weighted by molar-refractivity contribution is 7.13. The molecule has 69 heavy (non-hydrogen) atoms. The standard InChI is InChI=1S/C28H42N4O2S.C26H38N4O3S/c1-17-14-22(32(15-17)26(34)24(27(4,5)6)31-28(7,8)9)25(33)30-18(2)20-10-12-21(13-11-20)23-19(3)29-16-35-23;1-16-21(34-15-28-16)18-10-8-17(9-11-18)13-27-23(32)20-12-19(31)14-30(20)24(33)22(25(2,3)4)29-26(5,6)7/h10-13,16-18,22,24,31H,14-15H2,1-9H3,(H,30,33);8-11,15,19-20,22,29,31H,12-14H2,1-7H3,(H,27,32)/t17-,18?,22?,24?;19-,20?,22?/m11/s1. The summed E-state index contributed by atoms with van der Waals surface area (Å²) in [4.78, 5) is 68.1. The average Bonchev–Trinajstić information content (AvgIpc) is 4.07. The van der Waals surface area contributed by atoms with Crippen molar-refractivity contribution in [1.29, 1.82) is 0 Å². The number of amides is 4. The summed E-state index contributed by atoms with van der Waals surface area (Å²) < 4.78 is 0. The first-order valence-corrected chi connectivity index (χ1v) is 26.1. The van der Waals surface area contributed by atoms with Crippen molar-refractivity contribution in [2.24, 2.45) is 16.7 Å². The summed E-state index contributed by atoms with van der Waals surface area (Å²) in [6, 6.07) is 14.2. The van der Waals surface area contributed by atoms with Gasteiger partial charge in [-0.25, -0.2) is 9.97 Å². The predicted molar refractivity (Wildman–Crippen MR) is 281 cm³/mol. The number of aliphatic hydroxyl groups excluding tert-OH is 1. The third-order valence-corrected chi connectivity index (χ3v) is 14.5. The fraction of sp³-hybridized carbons (Fsp3) is 0.593. The Balaban J connectivity index is 0.000000258. The molecule has 0 aliphatic carbocycles. The molecule has 5 unspecified atom stereocenters. The number of aliphatic hydroxyl groups is 1. The van der Waals surface area contributed by atoms with E-state index in [-0.39, 0.29) is 76.5 Å². The number of carbonyl (C=O) groups is 4. The smallest absolute Gasteiger partial charge is 0.243 e. The second-order valence-electron chi connectivity index (χ2n) is 23.4. The van der Waals surface area contributed by atoms with Gasteiger partial charge in [0.2, 0.25) is 23.6 Å². The topological polar surface area (TPSA) is 169 Å². The lowest BCUT2D eigenvalue weighted by molar-refractivity contribution is -0.143. The highest BCUT2D eigenvalue weighted by Gasteiger charge is 2.46. The van der Waals surface area contributed by atoms with Crippen molar-refractivity contribution >= 4 is 46.3 Å². The number of thiazole rings is 2. The Labute approximate surface area is 420 Å². The first-order chi connectivity index (χ1) is 31.9. The molecule has 2 fully saturated rings. The van der Waals surface area contributed by atoms with E-state index >= 15 is 0 Å². The van der Waals surface area contributed by atoms with Crippen LogP contribution in [0.3, 0.4) is 0 Å². The van der Waals surface area contributed by atoms with E-state index in [0.29, 0.717) is 19.5 Å². The number of benzene rings is 2. The van der Waals surface area contributed by atoms with Crippen LogP contribution in [0.1, 0.15) is 138 Å². The molecule has 4 heterocycles. The molecule has 15 heteroatoms. The van der Waals surface area contributed by atoms with Crippen LogP contribution in [-0.4, -0.2) is 103 Å². The third-order valence-electron chi connectivity index (χ3n) is 12.5. The number of likely N-dealkylation sites (tertiary alicyclic amines) is 2. The number of nitrogens with one attached hydrogen (secondary N) is 4. The summed E-state index contributed by atoms with van der Waals surface area (Å²) in [5, 5.41) is 23.4. The van der Waals surface area contributed by atoms with Gasteiger partial charge >= 0.3 is 0 Å². The van der Waals surface area contributed by atoms with Crippen LogP contribution in [0.15, 0.2) is 59.6 Å². The summed E-state index contributed by atoms with van der Waals surface area (Å²) in [5.74, 6) is -0.184. The van der Waals surface area contributed by atoms with Crippen molar-refractivity contribution in [1.82, 2.24) is 41.0 Å². The number of carbonyl (C=O) groups excluding carboxylic acids is 4. The van der Waals surface area contributed by atoms with Gasteiger partial charge in [0.1, 0.15) is 12.1 Å². The molecule has 2 saturated heterocycles. The molecule has 5 N–H and O–H groups in total. The molecule has 13 nitrogen and oxygen atoms in total. The molecule has 378 valence electrons. The molecule has 6 rings (SSSR count). The maximum absolute atomic E-state index is 13.7. The first kappa shape index (κ1) is 55.4. The lowest BCUT2D eigenvalue weighted by Gasteiger charge is -2.39. The molecule has 0 radical (unpaired) electrons. The van der Waals surface area contributed by atoms with E-state index in [9.17, 15) is 24.3 Å². The van der Waals surface area contributed by atoms with E-state index < -0.39 is 24.2 Å². The van der Waals surface area contributed by atoms with Crippen molar-refractivity contribution in [2.45, 2.75) is 178 Å². The predicted octanol–water partition coefficient (Wildman–Crippen LogP) is 8.83. The zero-order chi connectivity index (χ0) is 51.4. The van der Waals surface area contributed by atoms with Crippen LogP contribution in [0.2, 0.25) is 0 Å². The van der Waals surface area contributed by atoms with Gasteiger partial charge < -0.3 is 36.2 Å². The first-order valence-electron chi connectivity index (χ1n) is 24.4. The molecule has 0 spiro atoms. The lowest BCUT2D eigenvalue weighted by Crippen LogP contribution is -2.60. The number of hydrogen-bond acceptors (Lipinski definition) is 11. The summed E-state index contributed by atoms with van der Waals surface area (Å²) in [6.07, 6.45) is 0.213. The van der Waals surface area contributed by atoms with Gasteiger partial charge in [0.15, 0.2) is 0 Å². The lowest BCUT2D eigenvalue weighted by atomic mass is 9.84. The quantitative estimate of drug-likeness (QED) is 0.0932. The molecule has 4 aromatic rings. The molecule has 0 bridgehead atoms. The molecule has 2 aliphatic rings. The number of rotatable bonds is 12. The highest BCUT2D eigenvalue weighted by atomic mass is 32.1. The molecule has 0 saturated carbocycles. The molecule has 2 aromatic heterocycles. The van der Waals surface area contributed by atoms with Crippen molar-refractivity contribution in [3.63, 3.8) is 0 Å². The van der Waals surface area contributed by atoms with Gasteiger partial charge in [-0.15, -0.1) is 22.7 Å². The van der Waals surface area contributed by atoms with Gasteiger partial charge in [-0.05, 0) is 108 Å². The minimum absolute atomic E-state index is 0.00820. The Morgan fingerprint density at radius 1 is 0.667 bits per heavy atom. The van der Waals surface area contributed by atoms with Crippen LogP contribution in [0.25, 0.3) is 20.9 Å². The molecule has 4 amide bonds. The highest BCUT2D eigenvalue weighted by Crippen LogP contribution is 2.33. The van der Waals surface area contributed by atoms with Crippen molar-refractivity contribution in [3.05, 3.63) is 82.1 Å². The van der Waals surface area contributed by atoms with Crippen LogP contribution in [-0.2, 0) is 25.7 Å². The van der Waals surface area contributed by atoms with E-state index in [0.717, 1.165) is 38.5 Å². The maximum atomic E-state index is 13.7. The van der Waals surface area contributed by atoms with Crippen molar-refractivity contribution in [2.75, 3.05) is 13.1 Å². The number of aryl methyl sites for hydroxylation is 2. The molecule has 2 aliphatic heterocycles. The molecular formula is C54H80N8O5S2. The van der Waals surface area contributed by atoms with E-state index in [1.165, 1.54) is 4.88 Å². The number of aromatic nitrogens is 2. The van der Waals surface area contributed by atoms with Gasteiger partial charge in [-0.2, -0.15) is 0 Å². The van der Waals surface area contributed by atoms with Crippen LogP contribution >= 0.6 is 22.7 Å². The maximum Gasteiger partial charge on any atom is 0.243 e. The second-order valence-corrected chi connectivity index (χ2v) is 25.1. The van der Waals surface area contributed by atoms with Gasteiger partial charge in [0.25, 0.3) is 0 Å². The van der Waals surface area contributed by atoms with E-state index in [2.05, 4.69) is 104 Å². The number of hydrogen-bond donors (Lipinski definition) is 5. The van der Waals surface area contributed by atoms with Gasteiger partial charge in [-0.3, -0.25) is 19.2 Å². The van der Waals surface area contributed by atoms with Crippen LogP contribution in [0.5, 0.6) is 0 Å². The van der Waals surface area contributed by atoms with E-state index in [1.807, 2.05) is 97.6 Å². The van der Waals surface area contributed by atoms with E-state index in [4.69, 9.17) is 0 Å². The summed E-state index contributed by atoms with van der Waals surface area (Å²) in [7, 11) is 0. The monoisotopic (exact) mass is 985 g/mol. The largest absolute Gasteiger partial charge is 0.391 e. The van der Waals surface area contributed by atoms with Gasteiger partial charge in [0, 0.05) is 37.1 Å². The van der Waals surface area contributed by atoms with Crippen molar-refractivity contribution < 1.29 is 24.3 Å². The van der Waals surface area contributed by atoms with Gasteiger partial charge in [-0.1, -0.05) is 97.0 Å². The van der Waals surface area contributed by atoms with E-state index in [1.54, 1.807) is 32.5 Å². The zero-order valence-corrected chi connectivity index (χ0v) is 45.7. The number of nitrogens with zero attached hydrogens (tertiary/aromatic N) is 4. The Bertz CT molecular complexity index is 2370. The average molecular weight is 985 g/mol. The Morgan fingerprint density at radius 3 is 1.52 bits per heavy atom. The Morgan fingerprint density at radius 2 is 1.10 bits per heavy atom. The molecule has 2 aromatic carbocycles. The summed E-state index contributed by atoms with van der Waals surface area (Å²) >= 11 is 3.24. The normalized spacial score (nSPS) is 20.2. The van der Waals surface area contributed by atoms with Crippen molar-refractivity contribution in [3.8, 4) is 20.9 Å². The molecule has 7 atom stereocenters. The third kappa shape index (κ3) is 15.0.